The Labute approximate surface area is 121 Å². The second kappa shape index (κ2) is 7.10. The second-order valence-electron chi connectivity index (χ2n) is 4.25. The lowest BCUT2D eigenvalue weighted by Crippen LogP contribution is -2.39. The van der Waals surface area contributed by atoms with Gasteiger partial charge in [-0.15, -0.1) is 0 Å². The van der Waals surface area contributed by atoms with Crippen LogP contribution in [0.2, 0.25) is 0 Å². The molecule has 0 spiro atoms. The van der Waals surface area contributed by atoms with Crippen molar-refractivity contribution < 1.29 is 40.6 Å². The smallest absolute Gasteiger partial charge is 0.336 e. The lowest BCUT2D eigenvalue weighted by atomic mass is 10.0. The highest BCUT2D eigenvalue weighted by Crippen LogP contribution is 2.34. The summed E-state index contributed by atoms with van der Waals surface area (Å²) < 4.78 is 82.9. The van der Waals surface area contributed by atoms with Crippen molar-refractivity contribution in [2.75, 3.05) is 13.2 Å². The summed E-state index contributed by atoms with van der Waals surface area (Å²) in [5.41, 5.74) is -0.146. The number of ether oxygens (including phenoxy) is 2. The molecule has 1 radical (unpaired) electrons. The van der Waals surface area contributed by atoms with Crippen molar-refractivity contribution in [3.63, 3.8) is 0 Å². The maximum Gasteiger partial charge on any atom is 0.411 e. The normalized spacial score (nSPS) is 13.2. The summed E-state index contributed by atoms with van der Waals surface area (Å²) in [6, 6.07) is 6.62. The Morgan fingerprint density at radius 3 is 1.68 bits per heavy atom. The monoisotopic (exact) mass is 329 g/mol. The molecule has 0 aromatic heterocycles. The van der Waals surface area contributed by atoms with E-state index in [4.69, 9.17) is 0 Å². The fourth-order valence-electron chi connectivity index (χ4n) is 1.60. The molecule has 0 bridgehead atoms. The van der Waals surface area contributed by atoms with Gasteiger partial charge in [-0.05, 0) is 0 Å². The van der Waals surface area contributed by atoms with Gasteiger partial charge in [-0.3, -0.25) is 4.79 Å². The molecule has 0 saturated heterocycles. The predicted molar refractivity (Wildman–Crippen MR) is 62.4 cm³/mol. The van der Waals surface area contributed by atoms with Gasteiger partial charge in [-0.1, -0.05) is 30.3 Å². The van der Waals surface area contributed by atoms with Gasteiger partial charge in [0.15, 0.2) is 0 Å². The Balaban J connectivity index is 3.10. The second-order valence-corrected chi connectivity index (χ2v) is 4.25. The number of alkyl halides is 6. The van der Waals surface area contributed by atoms with E-state index in [1.54, 1.807) is 0 Å². The minimum atomic E-state index is -4.80. The van der Waals surface area contributed by atoms with E-state index in [0.717, 1.165) is 0 Å². The van der Waals surface area contributed by atoms with Crippen LogP contribution in [0.3, 0.4) is 0 Å². The molecule has 0 N–H and O–H groups in total. The first-order chi connectivity index (χ1) is 10.1. The SMILES string of the molecule is O=[C]CC(OCC(F)(F)F)(OCC(F)(F)F)c1ccccc1. The van der Waals surface area contributed by atoms with Gasteiger partial charge in [-0.2, -0.15) is 26.3 Å². The van der Waals surface area contributed by atoms with Gasteiger partial charge >= 0.3 is 12.4 Å². The van der Waals surface area contributed by atoms with Crippen LogP contribution in [0, 0.1) is 0 Å². The number of hydrogen-bond donors (Lipinski definition) is 0. The Kier molecular flexibility index (Phi) is 5.95. The van der Waals surface area contributed by atoms with E-state index in [0.29, 0.717) is 0 Å². The van der Waals surface area contributed by atoms with Crippen LogP contribution in [0.4, 0.5) is 26.3 Å². The average Bonchev–Trinajstić information content (AvgIpc) is 2.41. The molecule has 0 amide bonds. The zero-order valence-corrected chi connectivity index (χ0v) is 11.0. The first-order valence-electron chi connectivity index (χ1n) is 5.90. The first-order valence-corrected chi connectivity index (χ1v) is 5.90. The van der Waals surface area contributed by atoms with E-state index in [2.05, 4.69) is 9.47 Å². The first kappa shape index (κ1) is 18.4. The molecular weight excluding hydrogens is 318 g/mol. The van der Waals surface area contributed by atoms with Crippen molar-refractivity contribution in [3.05, 3.63) is 35.9 Å². The van der Waals surface area contributed by atoms with Gasteiger partial charge < -0.3 is 9.47 Å². The van der Waals surface area contributed by atoms with Crippen LogP contribution >= 0.6 is 0 Å². The zero-order chi connectivity index (χ0) is 16.9. The molecule has 3 nitrogen and oxygen atoms in total. The fourth-order valence-corrected chi connectivity index (χ4v) is 1.60. The van der Waals surface area contributed by atoms with Gasteiger partial charge in [0.25, 0.3) is 0 Å². The van der Waals surface area contributed by atoms with Crippen molar-refractivity contribution >= 4 is 6.29 Å². The minimum absolute atomic E-state index is 0.146. The van der Waals surface area contributed by atoms with Crippen LogP contribution in [0.25, 0.3) is 0 Å². The lowest BCUT2D eigenvalue weighted by molar-refractivity contribution is -0.315. The summed E-state index contributed by atoms with van der Waals surface area (Å²) in [6.07, 6.45) is -9.30. The number of rotatable bonds is 7. The number of benzene rings is 1. The highest BCUT2D eigenvalue weighted by molar-refractivity contribution is 5.53. The molecule has 0 heterocycles. The quantitative estimate of drug-likeness (QED) is 0.567. The van der Waals surface area contributed by atoms with Gasteiger partial charge in [0, 0.05) is 5.56 Å². The Bertz CT molecular complexity index is 451. The summed E-state index contributed by atoms with van der Waals surface area (Å²) in [5.74, 6) is -2.51. The van der Waals surface area contributed by atoms with Crippen LogP contribution in [0.1, 0.15) is 12.0 Å². The molecule has 1 aromatic rings. The molecule has 0 aliphatic heterocycles. The number of carbonyl (C=O) groups excluding carboxylic acids is 1. The molecule has 0 saturated carbocycles. The van der Waals surface area contributed by atoms with Gasteiger partial charge in [0.1, 0.15) is 13.2 Å². The maximum atomic E-state index is 12.3. The molecule has 0 fully saturated rings. The fraction of sp³-hybridized carbons (Fsp3) is 0.462. The molecule has 0 atom stereocenters. The predicted octanol–water partition coefficient (Wildman–Crippen LogP) is 3.50. The van der Waals surface area contributed by atoms with Crippen molar-refractivity contribution in [2.45, 2.75) is 24.6 Å². The van der Waals surface area contributed by atoms with Crippen molar-refractivity contribution in [3.8, 4) is 0 Å². The van der Waals surface area contributed by atoms with E-state index in [1.807, 2.05) is 0 Å². The molecule has 0 unspecified atom stereocenters. The molecule has 9 heteroatoms. The summed E-state index contributed by atoms with van der Waals surface area (Å²) >= 11 is 0. The van der Waals surface area contributed by atoms with Crippen LogP contribution in [-0.4, -0.2) is 31.9 Å². The third-order valence-electron chi connectivity index (χ3n) is 2.46. The summed E-state index contributed by atoms with van der Waals surface area (Å²) in [4.78, 5) is 10.6. The summed E-state index contributed by atoms with van der Waals surface area (Å²) in [7, 11) is 0. The molecule has 22 heavy (non-hydrogen) atoms. The summed E-state index contributed by atoms with van der Waals surface area (Å²) in [5, 5.41) is 0. The van der Waals surface area contributed by atoms with Crippen LogP contribution in [-0.2, 0) is 20.1 Å². The lowest BCUT2D eigenvalue weighted by Gasteiger charge is -2.33. The average molecular weight is 329 g/mol. The van der Waals surface area contributed by atoms with Crippen LogP contribution < -0.4 is 0 Å². The summed E-state index contributed by atoms with van der Waals surface area (Å²) in [6.45, 7) is -3.75. The van der Waals surface area contributed by atoms with E-state index < -0.39 is 37.8 Å². The zero-order valence-electron chi connectivity index (χ0n) is 11.0. The van der Waals surface area contributed by atoms with Gasteiger partial charge in [0.05, 0.1) is 6.42 Å². The van der Waals surface area contributed by atoms with Crippen molar-refractivity contribution in [1.29, 1.82) is 0 Å². The van der Waals surface area contributed by atoms with Crippen molar-refractivity contribution in [2.24, 2.45) is 0 Å². The molecular formula is C13H11F6O3. The van der Waals surface area contributed by atoms with Crippen molar-refractivity contribution in [1.82, 2.24) is 0 Å². The Hall–Kier alpha value is -1.61. The molecule has 0 aliphatic rings. The number of hydrogen-bond acceptors (Lipinski definition) is 3. The minimum Gasteiger partial charge on any atom is -0.336 e. The molecule has 1 aromatic carbocycles. The van der Waals surface area contributed by atoms with Crippen LogP contribution in [0.5, 0.6) is 0 Å². The van der Waals surface area contributed by atoms with Gasteiger partial charge in [-0.25, -0.2) is 0 Å². The van der Waals surface area contributed by atoms with E-state index in [1.165, 1.54) is 36.6 Å². The molecule has 123 valence electrons. The van der Waals surface area contributed by atoms with Crippen LogP contribution in [0.15, 0.2) is 30.3 Å². The standard InChI is InChI=1S/C13H11F6O3/c14-12(15,16)8-21-11(6-7-20,22-9-13(17,18)19)10-4-2-1-3-5-10/h1-5H,6,8-9H2. The Morgan fingerprint density at radius 2 is 1.32 bits per heavy atom. The largest absolute Gasteiger partial charge is 0.411 e. The van der Waals surface area contributed by atoms with E-state index in [9.17, 15) is 31.1 Å². The number of halogens is 6. The topological polar surface area (TPSA) is 35.5 Å². The van der Waals surface area contributed by atoms with E-state index >= 15 is 0 Å². The van der Waals surface area contributed by atoms with E-state index in [-0.39, 0.29) is 5.56 Å². The third kappa shape index (κ3) is 6.02. The third-order valence-corrected chi connectivity index (χ3v) is 2.46. The molecule has 1 rings (SSSR count). The highest BCUT2D eigenvalue weighted by atomic mass is 19.4. The highest BCUT2D eigenvalue weighted by Gasteiger charge is 2.42. The maximum absolute atomic E-state index is 12.3. The van der Waals surface area contributed by atoms with Gasteiger partial charge in [0.2, 0.25) is 12.1 Å². The molecule has 0 aliphatic carbocycles. The Morgan fingerprint density at radius 1 is 0.864 bits per heavy atom.